The van der Waals surface area contributed by atoms with Gasteiger partial charge < -0.3 is 0 Å². The Morgan fingerprint density at radius 1 is 1.00 bits per heavy atom. The molecule has 0 aromatic heterocycles. The predicted molar refractivity (Wildman–Crippen MR) is 27.8 cm³/mol. The fourth-order valence-corrected chi connectivity index (χ4v) is 0.138. The summed E-state index contributed by atoms with van der Waals surface area (Å²) in [6.45, 7) is 0. The van der Waals surface area contributed by atoms with Crippen molar-refractivity contribution in [3.63, 3.8) is 0 Å². The normalized spacial score (nSPS) is 10.3. The van der Waals surface area contributed by atoms with Crippen LogP contribution >= 0.6 is 0 Å². The summed E-state index contributed by atoms with van der Waals surface area (Å²) in [4.78, 5) is 0. The quantitative estimate of drug-likeness (QED) is 0.333. The summed E-state index contributed by atoms with van der Waals surface area (Å²) in [7, 11) is 0. The molecule has 0 saturated heterocycles. The van der Waals surface area contributed by atoms with Crippen molar-refractivity contribution in [3.8, 4) is 0 Å². The van der Waals surface area contributed by atoms with Crippen molar-refractivity contribution in [2.24, 2.45) is 0 Å². The van der Waals surface area contributed by atoms with Crippen molar-refractivity contribution < 1.29 is 22.0 Å². The number of hydrogen-bond acceptors (Lipinski definition) is 0. The fourth-order valence-electron chi connectivity index (χ4n) is 0.138. The Labute approximate surface area is 96.2 Å². The molecule has 0 aromatic rings. The Kier molecular flexibility index (Phi) is 8.65. The van der Waals surface area contributed by atoms with Gasteiger partial charge in [0.15, 0.2) is 5.83 Å². The van der Waals surface area contributed by atoms with E-state index in [-0.39, 0.29) is 51.4 Å². The molecular formula is C4H2F5K. The summed E-state index contributed by atoms with van der Waals surface area (Å²) in [6, 6.07) is 0. The summed E-state index contributed by atoms with van der Waals surface area (Å²) < 4.78 is 55.4. The standard InChI is InChI=1S/C4HF5.K.H/c5-1-2(6)3(7)4(8)9;;/h1H;;. The topological polar surface area (TPSA) is 0 Å². The molecule has 6 heteroatoms. The predicted octanol–water partition coefficient (Wildman–Crippen LogP) is 2.20. The molecule has 0 amide bonds. The van der Waals surface area contributed by atoms with E-state index in [1.165, 1.54) is 0 Å². The van der Waals surface area contributed by atoms with Crippen LogP contribution in [0.15, 0.2) is 24.1 Å². The molecule has 54 valence electrons. The fraction of sp³-hybridized carbons (Fsp3) is 0. The minimum atomic E-state index is -2.87. The SMILES string of the molecule is FC=C(F)C(F)=C(F)F.[KH]. The zero-order chi connectivity index (χ0) is 7.44. The maximum absolute atomic E-state index is 11.4. The van der Waals surface area contributed by atoms with Crippen molar-refractivity contribution in [2.75, 3.05) is 0 Å². The van der Waals surface area contributed by atoms with Crippen molar-refractivity contribution in [1.29, 1.82) is 0 Å². The van der Waals surface area contributed by atoms with E-state index in [9.17, 15) is 22.0 Å². The van der Waals surface area contributed by atoms with Gasteiger partial charge in [-0.1, -0.05) is 0 Å². The van der Waals surface area contributed by atoms with Crippen LogP contribution in [0.3, 0.4) is 0 Å². The third kappa shape index (κ3) is 4.56. The Morgan fingerprint density at radius 2 is 1.40 bits per heavy atom. The molecule has 0 aliphatic heterocycles. The average molecular weight is 184 g/mol. The van der Waals surface area contributed by atoms with Crippen LogP contribution in [0, 0.1) is 0 Å². The monoisotopic (exact) mass is 184 g/mol. The average Bonchev–Trinajstić information content (AvgIpc) is 1.84. The molecule has 0 unspecified atom stereocenters. The van der Waals surface area contributed by atoms with Crippen LogP contribution in [-0.2, 0) is 0 Å². The van der Waals surface area contributed by atoms with Gasteiger partial charge in [-0.2, -0.15) is 13.2 Å². The summed E-state index contributed by atoms with van der Waals surface area (Å²) >= 11 is 0. The van der Waals surface area contributed by atoms with Gasteiger partial charge in [0, 0.05) is 0 Å². The number of rotatable bonds is 1. The van der Waals surface area contributed by atoms with Crippen molar-refractivity contribution >= 4 is 51.4 Å². The van der Waals surface area contributed by atoms with E-state index >= 15 is 0 Å². The van der Waals surface area contributed by atoms with E-state index in [1.54, 1.807) is 0 Å². The minimum absolute atomic E-state index is 0. The number of allylic oxidation sites excluding steroid dienone is 2. The second kappa shape index (κ2) is 6.47. The maximum atomic E-state index is 11.4. The van der Waals surface area contributed by atoms with Crippen molar-refractivity contribution in [1.82, 2.24) is 0 Å². The van der Waals surface area contributed by atoms with E-state index in [1.807, 2.05) is 0 Å². The van der Waals surface area contributed by atoms with Crippen molar-refractivity contribution in [2.45, 2.75) is 0 Å². The van der Waals surface area contributed by atoms with Gasteiger partial charge in [0.1, 0.15) is 6.33 Å². The van der Waals surface area contributed by atoms with Crippen molar-refractivity contribution in [3.05, 3.63) is 24.1 Å². The zero-order valence-corrected chi connectivity index (χ0v) is 3.97. The number of hydrogen-bond donors (Lipinski definition) is 0. The molecule has 0 radical (unpaired) electrons. The summed E-state index contributed by atoms with van der Waals surface area (Å²) in [6.07, 6.45) is -3.75. The van der Waals surface area contributed by atoms with Crippen LogP contribution in [0.2, 0.25) is 0 Å². The van der Waals surface area contributed by atoms with Crippen LogP contribution in [0.25, 0.3) is 0 Å². The van der Waals surface area contributed by atoms with Gasteiger partial charge in [-0.05, 0) is 0 Å². The van der Waals surface area contributed by atoms with Crippen LogP contribution in [-0.4, -0.2) is 51.4 Å². The molecule has 0 aliphatic carbocycles. The molecule has 0 saturated carbocycles. The molecular weight excluding hydrogens is 182 g/mol. The third-order valence-corrected chi connectivity index (χ3v) is 0.471. The van der Waals surface area contributed by atoms with Crippen LogP contribution in [0.4, 0.5) is 22.0 Å². The van der Waals surface area contributed by atoms with Gasteiger partial charge in [0.2, 0.25) is 5.83 Å². The van der Waals surface area contributed by atoms with E-state index in [0.29, 0.717) is 0 Å². The zero-order valence-electron chi connectivity index (χ0n) is 3.97. The van der Waals surface area contributed by atoms with Gasteiger partial charge in [-0.3, -0.25) is 0 Å². The summed E-state index contributed by atoms with van der Waals surface area (Å²) in [5.74, 6) is -4.66. The molecule has 0 spiro atoms. The molecule has 0 bridgehead atoms. The van der Waals surface area contributed by atoms with Gasteiger partial charge in [0.05, 0.1) is 0 Å². The first kappa shape index (κ1) is 13.4. The Morgan fingerprint density at radius 3 is 1.50 bits per heavy atom. The van der Waals surface area contributed by atoms with Crippen LogP contribution in [0.5, 0.6) is 0 Å². The van der Waals surface area contributed by atoms with Gasteiger partial charge in [-0.25, -0.2) is 8.78 Å². The Balaban J connectivity index is 0. The Hall–Kier alpha value is 0.766. The molecule has 0 aromatic carbocycles. The second-order valence-electron chi connectivity index (χ2n) is 1.03. The Bertz CT molecular complexity index is 157. The molecule has 10 heavy (non-hydrogen) atoms. The van der Waals surface area contributed by atoms with Gasteiger partial charge >= 0.3 is 57.5 Å². The van der Waals surface area contributed by atoms with Crippen LogP contribution < -0.4 is 0 Å². The van der Waals surface area contributed by atoms with Gasteiger partial charge in [0.25, 0.3) is 0 Å². The van der Waals surface area contributed by atoms with Gasteiger partial charge in [-0.15, -0.1) is 0 Å². The molecule has 0 heterocycles. The third-order valence-electron chi connectivity index (χ3n) is 0.471. The van der Waals surface area contributed by atoms with E-state index < -0.39 is 24.1 Å². The summed E-state index contributed by atoms with van der Waals surface area (Å²) in [5, 5.41) is 0. The molecule has 0 atom stereocenters. The molecule has 0 N–H and O–H groups in total. The summed E-state index contributed by atoms with van der Waals surface area (Å²) in [5.41, 5.74) is 0. The van der Waals surface area contributed by atoms with Crippen LogP contribution in [0.1, 0.15) is 0 Å². The molecule has 0 rings (SSSR count). The second-order valence-corrected chi connectivity index (χ2v) is 1.03. The molecule has 0 nitrogen and oxygen atoms in total. The van der Waals surface area contributed by atoms with E-state index in [0.717, 1.165) is 0 Å². The molecule has 0 fully saturated rings. The number of halogens is 5. The van der Waals surface area contributed by atoms with E-state index in [4.69, 9.17) is 0 Å². The first-order chi connectivity index (χ1) is 4.09. The molecule has 0 aliphatic rings. The van der Waals surface area contributed by atoms with E-state index in [2.05, 4.69) is 0 Å². The first-order valence-corrected chi connectivity index (χ1v) is 1.76. The first-order valence-electron chi connectivity index (χ1n) is 1.76.